The van der Waals surface area contributed by atoms with Crippen LogP contribution in [0.15, 0.2) is 11.6 Å². The van der Waals surface area contributed by atoms with Gasteiger partial charge in [0.1, 0.15) is 0 Å². The minimum atomic E-state index is -0.958. The standard InChI is InChI=1S/C7H11O3/c1-5(7(9)10)3-4-6(2)8/h3,6H,4H2,1-2H3,(H,9,10). The molecule has 57 valence electrons. The monoisotopic (exact) mass is 143 g/mol. The molecule has 10 heavy (non-hydrogen) atoms. The average Bonchev–Trinajstić information content (AvgIpc) is 1.82. The van der Waals surface area contributed by atoms with Gasteiger partial charge in [-0.15, -0.1) is 0 Å². The Labute approximate surface area is 60.0 Å². The molecule has 0 aliphatic carbocycles. The number of carbonyl (C=O) groups is 1. The third kappa shape index (κ3) is 4.09. The van der Waals surface area contributed by atoms with E-state index in [4.69, 9.17) is 5.11 Å². The summed E-state index contributed by atoms with van der Waals surface area (Å²) in [7, 11) is 0. The second kappa shape index (κ2) is 4.06. The number of carboxylic acids is 1. The van der Waals surface area contributed by atoms with E-state index in [1.807, 2.05) is 0 Å². The Morgan fingerprint density at radius 1 is 1.70 bits per heavy atom. The highest BCUT2D eigenvalue weighted by Crippen LogP contribution is 1.98. The van der Waals surface area contributed by atoms with Crippen LogP contribution in [0.1, 0.15) is 20.3 Å². The fourth-order valence-corrected chi connectivity index (χ4v) is 0.430. The minimum absolute atomic E-state index is 0.239. The summed E-state index contributed by atoms with van der Waals surface area (Å²) in [6, 6.07) is 0. The van der Waals surface area contributed by atoms with Gasteiger partial charge in [0.25, 0.3) is 0 Å². The quantitative estimate of drug-likeness (QED) is 0.604. The highest BCUT2D eigenvalue weighted by atomic mass is 16.4. The summed E-state index contributed by atoms with van der Waals surface area (Å²) < 4.78 is 0. The SMILES string of the molecule is CC(=CCC(C)[O])C(=O)O. The van der Waals surface area contributed by atoms with Crippen LogP contribution in [0.3, 0.4) is 0 Å². The van der Waals surface area contributed by atoms with Gasteiger partial charge < -0.3 is 5.11 Å². The van der Waals surface area contributed by atoms with Gasteiger partial charge in [-0.05, 0) is 20.3 Å². The molecule has 0 aromatic heterocycles. The summed E-state index contributed by atoms with van der Waals surface area (Å²) >= 11 is 0. The smallest absolute Gasteiger partial charge is 0.330 e. The molecular weight excluding hydrogens is 132 g/mol. The molecule has 3 nitrogen and oxygen atoms in total. The van der Waals surface area contributed by atoms with Crippen LogP contribution in [0.25, 0.3) is 0 Å². The van der Waals surface area contributed by atoms with E-state index in [9.17, 15) is 9.90 Å². The molecule has 0 rings (SSSR count). The fourth-order valence-electron chi connectivity index (χ4n) is 0.430. The van der Waals surface area contributed by atoms with Crippen molar-refractivity contribution in [2.45, 2.75) is 26.4 Å². The first-order chi connectivity index (χ1) is 4.54. The van der Waals surface area contributed by atoms with E-state index in [1.54, 1.807) is 0 Å². The summed E-state index contributed by atoms with van der Waals surface area (Å²) in [6.45, 7) is 2.98. The maximum atomic E-state index is 10.4. The molecule has 0 bridgehead atoms. The Balaban J connectivity index is 3.81. The van der Waals surface area contributed by atoms with Crippen LogP contribution in [-0.2, 0) is 9.90 Å². The van der Waals surface area contributed by atoms with Crippen LogP contribution >= 0.6 is 0 Å². The van der Waals surface area contributed by atoms with E-state index < -0.39 is 12.1 Å². The third-order valence-corrected chi connectivity index (χ3v) is 1.09. The summed E-state index contributed by atoms with van der Waals surface area (Å²) in [5, 5.41) is 18.7. The van der Waals surface area contributed by atoms with Crippen molar-refractivity contribution in [3.63, 3.8) is 0 Å². The van der Waals surface area contributed by atoms with E-state index in [-0.39, 0.29) is 12.0 Å². The largest absolute Gasteiger partial charge is 0.478 e. The summed E-state index contributed by atoms with van der Waals surface area (Å²) in [5.74, 6) is -0.958. The molecule has 3 heteroatoms. The predicted octanol–water partition coefficient (Wildman–Crippen LogP) is 1.23. The lowest BCUT2D eigenvalue weighted by Gasteiger charge is -1.95. The van der Waals surface area contributed by atoms with Crippen molar-refractivity contribution in [2.75, 3.05) is 0 Å². The molecule has 1 atom stereocenters. The average molecular weight is 143 g/mol. The van der Waals surface area contributed by atoms with Gasteiger partial charge >= 0.3 is 5.97 Å². The molecule has 0 aliphatic rings. The highest BCUT2D eigenvalue weighted by molar-refractivity contribution is 5.85. The Bertz CT molecular complexity index is 147. The van der Waals surface area contributed by atoms with Gasteiger partial charge in [-0.3, -0.25) is 0 Å². The second-order valence-corrected chi connectivity index (χ2v) is 2.24. The van der Waals surface area contributed by atoms with Gasteiger partial charge in [0.15, 0.2) is 0 Å². The van der Waals surface area contributed by atoms with Crippen molar-refractivity contribution in [2.24, 2.45) is 0 Å². The van der Waals surface area contributed by atoms with E-state index in [0.717, 1.165) is 0 Å². The lowest BCUT2D eigenvalue weighted by Crippen LogP contribution is -1.99. The van der Waals surface area contributed by atoms with Crippen LogP contribution in [-0.4, -0.2) is 17.2 Å². The van der Waals surface area contributed by atoms with Gasteiger partial charge in [0, 0.05) is 5.57 Å². The maximum Gasteiger partial charge on any atom is 0.330 e. The number of aliphatic carboxylic acids is 1. The molecule has 1 N–H and O–H groups in total. The molecule has 1 radical (unpaired) electrons. The van der Waals surface area contributed by atoms with Crippen LogP contribution < -0.4 is 0 Å². The predicted molar refractivity (Wildman–Crippen MR) is 36.2 cm³/mol. The van der Waals surface area contributed by atoms with Gasteiger partial charge in [-0.2, -0.15) is 0 Å². The zero-order valence-electron chi connectivity index (χ0n) is 6.13. The molecule has 0 amide bonds. The highest BCUT2D eigenvalue weighted by Gasteiger charge is 2.00. The molecular formula is C7H11O3. The minimum Gasteiger partial charge on any atom is -0.478 e. The van der Waals surface area contributed by atoms with Crippen LogP contribution in [0.4, 0.5) is 0 Å². The molecule has 0 spiro atoms. The van der Waals surface area contributed by atoms with Crippen LogP contribution in [0, 0.1) is 0 Å². The first-order valence-corrected chi connectivity index (χ1v) is 3.10. The number of hydrogen-bond donors (Lipinski definition) is 1. The number of rotatable bonds is 3. The van der Waals surface area contributed by atoms with E-state index in [0.29, 0.717) is 0 Å². The summed E-state index contributed by atoms with van der Waals surface area (Å²) in [6.07, 6.45) is 1.02. The second-order valence-electron chi connectivity index (χ2n) is 2.24. The Kier molecular flexibility index (Phi) is 3.72. The Hall–Kier alpha value is -0.830. The lowest BCUT2D eigenvalue weighted by atomic mass is 10.2. The molecule has 0 aliphatic heterocycles. The molecule has 0 heterocycles. The first kappa shape index (κ1) is 9.17. The number of carboxylic acid groups (broad SMARTS) is 1. The van der Waals surface area contributed by atoms with E-state index in [1.165, 1.54) is 19.9 Å². The molecule has 0 aromatic carbocycles. The van der Waals surface area contributed by atoms with Gasteiger partial charge in [-0.25, -0.2) is 9.90 Å². The van der Waals surface area contributed by atoms with Crippen molar-refractivity contribution < 1.29 is 15.0 Å². The summed E-state index contributed by atoms with van der Waals surface area (Å²) in [5.41, 5.74) is 0.239. The molecule has 1 unspecified atom stereocenters. The maximum absolute atomic E-state index is 10.4. The number of hydrogen-bond acceptors (Lipinski definition) is 1. The Morgan fingerprint density at radius 3 is 2.50 bits per heavy atom. The Morgan fingerprint density at radius 2 is 2.20 bits per heavy atom. The van der Waals surface area contributed by atoms with Crippen molar-refractivity contribution in [3.8, 4) is 0 Å². The zero-order chi connectivity index (χ0) is 8.15. The van der Waals surface area contributed by atoms with Gasteiger partial charge in [0.05, 0.1) is 6.10 Å². The zero-order valence-corrected chi connectivity index (χ0v) is 6.13. The molecule has 0 saturated carbocycles. The normalized spacial score (nSPS) is 14.9. The van der Waals surface area contributed by atoms with E-state index >= 15 is 0 Å². The van der Waals surface area contributed by atoms with Crippen LogP contribution in [0.2, 0.25) is 0 Å². The molecule has 0 aromatic rings. The fraction of sp³-hybridized carbons (Fsp3) is 0.571. The van der Waals surface area contributed by atoms with Crippen molar-refractivity contribution in [3.05, 3.63) is 11.6 Å². The van der Waals surface area contributed by atoms with Crippen molar-refractivity contribution in [1.29, 1.82) is 0 Å². The topological polar surface area (TPSA) is 57.2 Å². The lowest BCUT2D eigenvalue weighted by molar-refractivity contribution is -0.132. The summed E-state index contributed by atoms with van der Waals surface area (Å²) in [4.78, 5) is 10.1. The molecule has 0 saturated heterocycles. The first-order valence-electron chi connectivity index (χ1n) is 3.10. The van der Waals surface area contributed by atoms with Crippen molar-refractivity contribution >= 4 is 5.97 Å². The van der Waals surface area contributed by atoms with Gasteiger partial charge in [0.2, 0.25) is 0 Å². The molecule has 0 fully saturated rings. The van der Waals surface area contributed by atoms with Gasteiger partial charge in [-0.1, -0.05) is 6.08 Å². The third-order valence-electron chi connectivity index (χ3n) is 1.09. The van der Waals surface area contributed by atoms with Crippen molar-refractivity contribution in [1.82, 2.24) is 0 Å². The van der Waals surface area contributed by atoms with Crippen LogP contribution in [0.5, 0.6) is 0 Å². The van der Waals surface area contributed by atoms with E-state index in [2.05, 4.69) is 0 Å².